The van der Waals surface area contributed by atoms with Crippen LogP contribution in [0.4, 0.5) is 0 Å². The van der Waals surface area contributed by atoms with E-state index < -0.39 is 41.7 Å². The molecule has 0 radical (unpaired) electrons. The topological polar surface area (TPSA) is 171 Å². The highest BCUT2D eigenvalue weighted by atomic mass is 16.7. The highest BCUT2D eigenvalue weighted by Gasteiger charge is 2.32. The van der Waals surface area contributed by atoms with Crippen LogP contribution in [-0.4, -0.2) is 58.9 Å². The van der Waals surface area contributed by atoms with Gasteiger partial charge in [-0.05, 0) is 54.0 Å². The summed E-state index contributed by atoms with van der Waals surface area (Å²) in [6.07, 6.45) is 5.08. The van der Waals surface area contributed by atoms with E-state index in [1.807, 2.05) is 0 Å². The first-order chi connectivity index (χ1) is 20.1. The molecule has 0 saturated carbocycles. The zero-order valence-electron chi connectivity index (χ0n) is 22.6. The van der Waals surface area contributed by atoms with Crippen molar-refractivity contribution in [3.8, 4) is 17.2 Å². The van der Waals surface area contributed by atoms with E-state index in [1.54, 1.807) is 6.07 Å². The summed E-state index contributed by atoms with van der Waals surface area (Å²) < 4.78 is 10.5. The number of nitrogens with zero attached hydrogens (tertiary/aromatic N) is 1. The average Bonchev–Trinajstić information content (AvgIpc) is 3.28. The van der Waals surface area contributed by atoms with Crippen LogP contribution in [0.15, 0.2) is 48.6 Å². The zero-order chi connectivity index (χ0) is 30.6. The molecule has 12 nitrogen and oxygen atoms in total. The number of ketones is 2. The Kier molecular flexibility index (Phi) is 11.0. The van der Waals surface area contributed by atoms with Gasteiger partial charge in [0, 0.05) is 25.7 Å². The van der Waals surface area contributed by atoms with Crippen LogP contribution in [-0.2, 0) is 33.6 Å². The molecular formula is C30H27NO11. The maximum absolute atomic E-state index is 12.2. The predicted molar refractivity (Wildman–Crippen MR) is 146 cm³/mol. The highest BCUT2D eigenvalue weighted by molar-refractivity contribution is 6.11. The minimum atomic E-state index is -0.821. The molecule has 0 aliphatic carbocycles. The Morgan fingerprint density at radius 1 is 0.857 bits per heavy atom. The molecule has 12 heteroatoms. The SMILES string of the molecule is COc1cc(/C=C\C(=O)CC(=O)/C=C\c2ccc(O)c(C=O)c2)ccc1OC(=O)CCCC(=O)ON1C(=O)CCC1=O. The summed E-state index contributed by atoms with van der Waals surface area (Å²) in [7, 11) is 1.36. The van der Waals surface area contributed by atoms with Crippen LogP contribution in [0.3, 0.4) is 0 Å². The number of imide groups is 1. The molecule has 2 amide bonds. The first-order valence-electron chi connectivity index (χ1n) is 12.7. The summed E-state index contributed by atoms with van der Waals surface area (Å²) >= 11 is 0. The van der Waals surface area contributed by atoms with Gasteiger partial charge in [-0.3, -0.25) is 28.8 Å². The standard InChI is InChI=1S/C30H27NO11/c1-40-26-16-20(6-10-23(34)17-22(33)9-5-19-7-11-24(35)21(15-19)18-32)8-12-25(26)41-29(38)3-2-4-30(39)42-31-27(36)13-14-28(31)37/h5-12,15-16,18,35H,2-4,13-14,17H2,1H3/b9-5-,10-6-. The van der Waals surface area contributed by atoms with Crippen molar-refractivity contribution in [1.82, 2.24) is 5.06 Å². The van der Waals surface area contributed by atoms with E-state index in [-0.39, 0.29) is 54.9 Å². The Hall–Kier alpha value is -5.39. The Bertz CT molecular complexity index is 1460. The Morgan fingerprint density at radius 3 is 2.07 bits per heavy atom. The van der Waals surface area contributed by atoms with Crippen molar-refractivity contribution >= 4 is 53.8 Å². The Balaban J connectivity index is 1.47. The molecule has 42 heavy (non-hydrogen) atoms. The molecule has 1 N–H and O–H groups in total. The van der Waals surface area contributed by atoms with Crippen molar-refractivity contribution in [3.05, 3.63) is 65.2 Å². The van der Waals surface area contributed by atoms with Crippen molar-refractivity contribution in [2.24, 2.45) is 0 Å². The molecule has 0 bridgehead atoms. The number of amides is 2. The number of carbonyl (C=O) groups excluding carboxylic acids is 7. The lowest BCUT2D eigenvalue weighted by Crippen LogP contribution is -2.32. The number of methoxy groups -OCH3 is 1. The fraction of sp³-hybridized carbons (Fsp3) is 0.233. The fourth-order valence-electron chi connectivity index (χ4n) is 3.67. The lowest BCUT2D eigenvalue weighted by molar-refractivity contribution is -0.197. The van der Waals surface area contributed by atoms with Gasteiger partial charge in [0.2, 0.25) is 0 Å². The summed E-state index contributed by atoms with van der Waals surface area (Å²) in [6.45, 7) is 0. The van der Waals surface area contributed by atoms with Crippen LogP contribution in [0, 0.1) is 0 Å². The molecule has 1 fully saturated rings. The van der Waals surface area contributed by atoms with Gasteiger partial charge in [-0.15, -0.1) is 5.06 Å². The van der Waals surface area contributed by atoms with E-state index in [1.165, 1.54) is 61.7 Å². The lowest BCUT2D eigenvalue weighted by atomic mass is 10.1. The fourth-order valence-corrected chi connectivity index (χ4v) is 3.67. The lowest BCUT2D eigenvalue weighted by Gasteiger charge is -2.12. The number of aromatic hydroxyl groups is 1. The van der Waals surface area contributed by atoms with Gasteiger partial charge in [-0.1, -0.05) is 24.3 Å². The third-order valence-electron chi connectivity index (χ3n) is 5.82. The number of phenolic OH excluding ortho intramolecular Hbond substituents is 1. The molecule has 0 unspecified atom stereocenters. The van der Waals surface area contributed by atoms with E-state index in [0.717, 1.165) is 0 Å². The largest absolute Gasteiger partial charge is 0.507 e. The Morgan fingerprint density at radius 2 is 1.45 bits per heavy atom. The number of allylic oxidation sites excluding steroid dienone is 2. The molecular weight excluding hydrogens is 550 g/mol. The third kappa shape index (κ3) is 9.08. The van der Waals surface area contributed by atoms with Crippen LogP contribution >= 0.6 is 0 Å². The van der Waals surface area contributed by atoms with Crippen LogP contribution < -0.4 is 9.47 Å². The molecule has 0 spiro atoms. The molecule has 218 valence electrons. The van der Waals surface area contributed by atoms with Crippen molar-refractivity contribution < 1.29 is 53.0 Å². The molecule has 3 rings (SSSR count). The quantitative estimate of drug-likeness (QED) is 0.0873. The zero-order valence-corrected chi connectivity index (χ0v) is 22.6. The van der Waals surface area contributed by atoms with Gasteiger partial charge in [0.25, 0.3) is 11.8 Å². The summed E-state index contributed by atoms with van der Waals surface area (Å²) in [4.78, 5) is 87.1. The molecule has 0 aromatic heterocycles. The number of benzene rings is 2. The second-order valence-electron chi connectivity index (χ2n) is 9.00. The van der Waals surface area contributed by atoms with E-state index in [0.29, 0.717) is 22.5 Å². The monoisotopic (exact) mass is 577 g/mol. The van der Waals surface area contributed by atoms with Gasteiger partial charge in [0.1, 0.15) is 5.75 Å². The molecule has 1 aliphatic heterocycles. The maximum atomic E-state index is 12.2. The Labute approximate surface area is 240 Å². The first-order valence-corrected chi connectivity index (χ1v) is 12.7. The summed E-state index contributed by atoms with van der Waals surface area (Å²) in [5.41, 5.74) is 1.12. The van der Waals surface area contributed by atoms with E-state index in [9.17, 15) is 38.7 Å². The third-order valence-corrected chi connectivity index (χ3v) is 5.82. The molecule has 1 aliphatic rings. The van der Waals surface area contributed by atoms with Crippen molar-refractivity contribution in [1.29, 1.82) is 0 Å². The van der Waals surface area contributed by atoms with Crippen LogP contribution in [0.1, 0.15) is 60.0 Å². The predicted octanol–water partition coefficient (Wildman–Crippen LogP) is 3.15. The number of carbonyl (C=O) groups is 7. The summed E-state index contributed by atoms with van der Waals surface area (Å²) in [5.74, 6) is -3.46. The molecule has 2 aromatic rings. The second-order valence-corrected chi connectivity index (χ2v) is 9.00. The van der Waals surface area contributed by atoms with Crippen LogP contribution in [0.5, 0.6) is 17.2 Å². The van der Waals surface area contributed by atoms with Crippen LogP contribution in [0.2, 0.25) is 0 Å². The number of aldehydes is 1. The molecule has 1 saturated heterocycles. The van der Waals surface area contributed by atoms with E-state index in [4.69, 9.17) is 14.3 Å². The minimum Gasteiger partial charge on any atom is -0.507 e. The maximum Gasteiger partial charge on any atom is 0.333 e. The number of hydroxylamine groups is 2. The van der Waals surface area contributed by atoms with Gasteiger partial charge in [0.15, 0.2) is 29.4 Å². The van der Waals surface area contributed by atoms with Crippen molar-refractivity contribution in [2.75, 3.05) is 7.11 Å². The average molecular weight is 578 g/mol. The second kappa shape index (κ2) is 14.8. The first kappa shape index (κ1) is 31.1. The summed E-state index contributed by atoms with van der Waals surface area (Å²) in [6, 6.07) is 8.79. The number of phenols is 1. The minimum absolute atomic E-state index is 0.0168. The normalized spacial score (nSPS) is 13.0. The number of rotatable bonds is 14. The number of hydrogen-bond donors (Lipinski definition) is 1. The summed E-state index contributed by atoms with van der Waals surface area (Å²) in [5, 5.41) is 9.97. The van der Waals surface area contributed by atoms with E-state index in [2.05, 4.69) is 0 Å². The van der Waals surface area contributed by atoms with Crippen molar-refractivity contribution in [2.45, 2.75) is 38.5 Å². The van der Waals surface area contributed by atoms with Crippen LogP contribution in [0.25, 0.3) is 12.2 Å². The van der Waals surface area contributed by atoms with Gasteiger partial charge < -0.3 is 19.4 Å². The highest BCUT2D eigenvalue weighted by Crippen LogP contribution is 2.29. The van der Waals surface area contributed by atoms with E-state index >= 15 is 0 Å². The van der Waals surface area contributed by atoms with Crippen molar-refractivity contribution in [3.63, 3.8) is 0 Å². The number of hydrogen-bond acceptors (Lipinski definition) is 11. The van der Waals surface area contributed by atoms with Gasteiger partial charge >= 0.3 is 11.9 Å². The van der Waals surface area contributed by atoms with Gasteiger partial charge in [-0.2, -0.15) is 0 Å². The smallest absolute Gasteiger partial charge is 0.333 e. The van der Waals surface area contributed by atoms with Gasteiger partial charge in [-0.25, -0.2) is 4.79 Å². The number of esters is 1. The molecule has 2 aromatic carbocycles. The van der Waals surface area contributed by atoms with Gasteiger partial charge in [0.05, 0.1) is 19.1 Å². The molecule has 0 atom stereocenters. The molecule has 1 heterocycles. The number of ether oxygens (including phenoxy) is 2.